The van der Waals surface area contributed by atoms with Crippen molar-refractivity contribution in [2.24, 2.45) is 0 Å². The van der Waals surface area contributed by atoms with E-state index in [0.29, 0.717) is 22.2 Å². The third-order valence-corrected chi connectivity index (χ3v) is 5.10. The Morgan fingerprint density at radius 3 is 2.82 bits per heavy atom. The highest BCUT2D eigenvalue weighted by molar-refractivity contribution is 7.18. The van der Waals surface area contributed by atoms with Gasteiger partial charge in [0.1, 0.15) is 0 Å². The fraction of sp³-hybridized carbons (Fsp3) is 0.267. The zero-order valence-corrected chi connectivity index (χ0v) is 13.3. The Bertz CT molecular complexity index is 882. The van der Waals surface area contributed by atoms with Gasteiger partial charge in [-0.25, -0.2) is 9.50 Å². The van der Waals surface area contributed by atoms with Crippen molar-refractivity contribution in [1.82, 2.24) is 14.6 Å². The highest BCUT2D eigenvalue weighted by Crippen LogP contribution is 2.39. The molecule has 1 aliphatic carbocycles. The average Bonchev–Trinajstić information content (AvgIpc) is 3.08. The summed E-state index contributed by atoms with van der Waals surface area (Å²) in [7, 11) is 1.62. The van der Waals surface area contributed by atoms with E-state index in [2.05, 4.69) is 10.1 Å². The summed E-state index contributed by atoms with van der Waals surface area (Å²) < 4.78 is 7.17. The summed E-state index contributed by atoms with van der Waals surface area (Å²) in [6, 6.07) is 7.40. The van der Waals surface area contributed by atoms with Crippen molar-refractivity contribution >= 4 is 33.8 Å². The van der Waals surface area contributed by atoms with E-state index in [1.807, 2.05) is 18.2 Å². The summed E-state index contributed by atoms with van der Waals surface area (Å²) in [4.78, 5) is 17.3. The minimum atomic E-state index is -0.446. The predicted molar refractivity (Wildman–Crippen MR) is 85.0 cm³/mol. The van der Waals surface area contributed by atoms with Crippen molar-refractivity contribution in [2.45, 2.75) is 18.8 Å². The molecule has 1 fully saturated rings. The molecular formula is C15H12ClN3O2S. The van der Waals surface area contributed by atoms with Gasteiger partial charge in [-0.05, 0) is 48.7 Å². The molecule has 0 radical (unpaired) electrons. The van der Waals surface area contributed by atoms with Gasteiger partial charge in [-0.15, -0.1) is 11.3 Å². The van der Waals surface area contributed by atoms with Crippen LogP contribution in [0, 0.1) is 0 Å². The lowest BCUT2D eigenvalue weighted by Gasteiger charge is -2.05. The lowest BCUT2D eigenvalue weighted by Crippen LogP contribution is -1.96. The summed E-state index contributed by atoms with van der Waals surface area (Å²) in [5.41, 5.74) is 1.58. The number of hydrogen-bond acceptors (Lipinski definition) is 5. The molecule has 0 N–H and O–H groups in total. The Kier molecular flexibility index (Phi) is 3.16. The van der Waals surface area contributed by atoms with Crippen LogP contribution in [-0.4, -0.2) is 27.0 Å². The first-order valence-corrected chi connectivity index (χ1v) is 8.10. The molecule has 3 aromatic rings. The number of pyridine rings is 1. The normalized spacial score (nSPS) is 14.5. The third kappa shape index (κ3) is 2.19. The molecule has 22 heavy (non-hydrogen) atoms. The van der Waals surface area contributed by atoms with Gasteiger partial charge in [0.25, 0.3) is 5.24 Å². The molecule has 3 heterocycles. The van der Waals surface area contributed by atoms with Crippen molar-refractivity contribution in [3.8, 4) is 16.3 Å². The summed E-state index contributed by atoms with van der Waals surface area (Å²) in [5, 5.41) is 4.18. The van der Waals surface area contributed by atoms with Crippen LogP contribution < -0.4 is 4.74 Å². The second kappa shape index (κ2) is 5.07. The highest BCUT2D eigenvalue weighted by atomic mass is 35.5. The van der Waals surface area contributed by atoms with E-state index in [1.165, 1.54) is 11.3 Å². The van der Waals surface area contributed by atoms with Crippen LogP contribution in [0.3, 0.4) is 0 Å². The van der Waals surface area contributed by atoms with Gasteiger partial charge in [0.2, 0.25) is 0 Å². The highest BCUT2D eigenvalue weighted by Gasteiger charge is 2.29. The number of rotatable bonds is 4. The molecule has 0 aliphatic heterocycles. The van der Waals surface area contributed by atoms with Gasteiger partial charge in [0.05, 0.1) is 22.6 Å². The van der Waals surface area contributed by atoms with Gasteiger partial charge >= 0.3 is 0 Å². The lowest BCUT2D eigenvalue weighted by atomic mass is 10.3. The van der Waals surface area contributed by atoms with Crippen molar-refractivity contribution < 1.29 is 9.53 Å². The number of fused-ring (bicyclic) bond motifs is 1. The second-order valence-electron chi connectivity index (χ2n) is 5.20. The zero-order chi connectivity index (χ0) is 15.3. The van der Waals surface area contributed by atoms with E-state index in [9.17, 15) is 4.79 Å². The summed E-state index contributed by atoms with van der Waals surface area (Å²) in [5.74, 6) is 2.00. The fourth-order valence-corrected chi connectivity index (χ4v) is 3.42. The number of carbonyl (C=O) groups is 1. The fourth-order valence-electron chi connectivity index (χ4n) is 2.40. The van der Waals surface area contributed by atoms with Gasteiger partial charge in [0, 0.05) is 5.92 Å². The van der Waals surface area contributed by atoms with E-state index in [0.717, 1.165) is 29.2 Å². The average molecular weight is 334 g/mol. The largest absolute Gasteiger partial charge is 0.493 e. The Morgan fingerprint density at radius 1 is 1.36 bits per heavy atom. The Morgan fingerprint density at radius 2 is 2.18 bits per heavy atom. The van der Waals surface area contributed by atoms with E-state index < -0.39 is 5.24 Å². The monoisotopic (exact) mass is 333 g/mol. The molecule has 4 rings (SSSR count). The summed E-state index contributed by atoms with van der Waals surface area (Å²) in [6.45, 7) is 0. The molecule has 0 atom stereocenters. The first kappa shape index (κ1) is 13.7. The molecule has 1 saturated carbocycles. The Balaban J connectivity index is 1.90. The molecule has 0 saturated heterocycles. The topological polar surface area (TPSA) is 56.5 Å². The van der Waals surface area contributed by atoms with Gasteiger partial charge in [-0.2, -0.15) is 5.10 Å². The first-order chi connectivity index (χ1) is 10.7. The zero-order valence-electron chi connectivity index (χ0n) is 11.7. The number of ether oxygens (including phenoxy) is 1. The van der Waals surface area contributed by atoms with Crippen molar-refractivity contribution in [3.63, 3.8) is 0 Å². The smallest absolute Gasteiger partial charge is 0.262 e. The number of halogens is 1. The molecule has 5 nitrogen and oxygen atoms in total. The van der Waals surface area contributed by atoms with E-state index >= 15 is 0 Å². The molecule has 0 bridgehead atoms. The first-order valence-electron chi connectivity index (χ1n) is 6.91. The van der Waals surface area contributed by atoms with Crippen molar-refractivity contribution in [1.29, 1.82) is 0 Å². The molecule has 0 spiro atoms. The van der Waals surface area contributed by atoms with Crippen molar-refractivity contribution in [2.75, 3.05) is 7.11 Å². The maximum atomic E-state index is 11.3. The Hall–Kier alpha value is -1.92. The van der Waals surface area contributed by atoms with Crippen LogP contribution in [0.2, 0.25) is 0 Å². The van der Waals surface area contributed by atoms with E-state index in [4.69, 9.17) is 16.3 Å². The summed E-state index contributed by atoms with van der Waals surface area (Å²) >= 11 is 6.89. The second-order valence-corrected chi connectivity index (χ2v) is 6.63. The third-order valence-electron chi connectivity index (χ3n) is 3.68. The number of thiophene rings is 1. The quantitative estimate of drug-likeness (QED) is 0.683. The van der Waals surface area contributed by atoms with Crippen molar-refractivity contribution in [3.05, 3.63) is 35.0 Å². The number of nitrogens with zero attached hydrogens (tertiary/aromatic N) is 3. The lowest BCUT2D eigenvalue weighted by molar-refractivity contribution is 0.108. The maximum absolute atomic E-state index is 11.3. The molecular weight excluding hydrogens is 322 g/mol. The van der Waals surface area contributed by atoms with Gasteiger partial charge in [0.15, 0.2) is 17.2 Å². The van der Waals surface area contributed by atoms with Crippen LogP contribution in [-0.2, 0) is 0 Å². The van der Waals surface area contributed by atoms with Gasteiger partial charge < -0.3 is 4.74 Å². The maximum Gasteiger partial charge on any atom is 0.262 e. The molecule has 112 valence electrons. The number of hydrogen-bond donors (Lipinski definition) is 0. The Labute approximate surface area is 135 Å². The van der Waals surface area contributed by atoms with Crippen LogP contribution >= 0.6 is 22.9 Å². The minimum absolute atomic E-state index is 0.446. The molecule has 0 amide bonds. The molecule has 3 aromatic heterocycles. The molecule has 0 unspecified atom stereocenters. The van der Waals surface area contributed by atoms with Crippen LogP contribution in [0.4, 0.5) is 0 Å². The summed E-state index contributed by atoms with van der Waals surface area (Å²) in [6.07, 6.45) is 2.27. The molecule has 1 aliphatic rings. The van der Waals surface area contributed by atoms with Crippen LogP contribution in [0.25, 0.3) is 16.2 Å². The number of carbonyl (C=O) groups excluding carboxylic acids is 1. The number of methoxy groups -OCH3 is 1. The van der Waals surface area contributed by atoms with Crippen LogP contribution in [0.1, 0.15) is 34.3 Å². The predicted octanol–water partition coefficient (Wildman–Crippen LogP) is 3.72. The standard InChI is InChI=1S/C15H12ClN3O2S/c1-21-10-5-4-9(11-6-7-12(22-11)13(16)20)19-15(10)17-14(18-19)8-2-3-8/h4-8H,2-3H2,1H3. The van der Waals surface area contributed by atoms with Crippen LogP contribution in [0.15, 0.2) is 24.3 Å². The van der Waals surface area contributed by atoms with E-state index in [-0.39, 0.29) is 0 Å². The number of aromatic nitrogens is 3. The van der Waals surface area contributed by atoms with Gasteiger partial charge in [-0.3, -0.25) is 4.79 Å². The SMILES string of the molecule is COc1ccc(-c2ccc(C(=O)Cl)s2)n2nc(C3CC3)nc12. The van der Waals surface area contributed by atoms with Crippen LogP contribution in [0.5, 0.6) is 5.75 Å². The minimum Gasteiger partial charge on any atom is -0.493 e. The van der Waals surface area contributed by atoms with Gasteiger partial charge in [-0.1, -0.05) is 0 Å². The van der Waals surface area contributed by atoms with E-state index in [1.54, 1.807) is 17.7 Å². The molecule has 7 heteroatoms. The molecule has 0 aromatic carbocycles.